The predicted octanol–water partition coefficient (Wildman–Crippen LogP) is 7.56. The summed E-state index contributed by atoms with van der Waals surface area (Å²) in [6.07, 6.45) is 8.14. The maximum absolute atomic E-state index is 13.6. The number of benzene rings is 4. The van der Waals surface area contributed by atoms with E-state index in [1.165, 1.54) is 53.6 Å². The fourth-order valence-corrected chi connectivity index (χ4v) is 9.49. The van der Waals surface area contributed by atoms with E-state index in [1.54, 1.807) is 0 Å². The van der Waals surface area contributed by atoms with Crippen LogP contribution in [0.15, 0.2) is 115 Å². The van der Waals surface area contributed by atoms with Crippen molar-refractivity contribution in [1.29, 1.82) is 0 Å². The van der Waals surface area contributed by atoms with E-state index < -0.39 is 8.07 Å². The van der Waals surface area contributed by atoms with Crippen LogP contribution in [0.3, 0.4) is 0 Å². The van der Waals surface area contributed by atoms with Crippen LogP contribution in [0, 0.1) is 18.4 Å². The van der Waals surface area contributed by atoms with Crippen LogP contribution in [-0.2, 0) is 11.2 Å². The van der Waals surface area contributed by atoms with Crippen LogP contribution in [0.2, 0.25) is 6.04 Å². The lowest BCUT2D eigenvalue weighted by molar-refractivity contribution is -0.116. The van der Waals surface area contributed by atoms with Crippen molar-refractivity contribution in [1.82, 2.24) is 5.32 Å². The Morgan fingerprint density at radius 1 is 0.707 bits per heavy atom. The zero-order valence-electron chi connectivity index (χ0n) is 24.6. The number of carbonyl (C=O) groups excluding carboxylic acids is 1. The van der Waals surface area contributed by atoms with Crippen molar-refractivity contribution in [3.8, 4) is 11.5 Å². The fraction of sp³-hybridized carbons (Fsp3) is 0.289. The lowest BCUT2D eigenvalue weighted by Crippen LogP contribution is -2.57. The molecule has 4 rings (SSSR count). The number of nitrogens with one attached hydrogen (secondary N) is 1. The highest BCUT2D eigenvalue weighted by Crippen LogP contribution is 2.20. The van der Waals surface area contributed by atoms with Gasteiger partial charge in [-0.1, -0.05) is 166 Å². The second-order valence-corrected chi connectivity index (χ2v) is 14.7. The molecule has 0 saturated carbocycles. The molecular formula is C38H43NOSi. The second kappa shape index (κ2) is 15.8. The van der Waals surface area contributed by atoms with Gasteiger partial charge in [0.15, 0.2) is 8.07 Å². The molecule has 41 heavy (non-hydrogen) atoms. The van der Waals surface area contributed by atoms with Gasteiger partial charge in [0.1, 0.15) is 0 Å². The Bertz CT molecular complexity index is 1350. The summed E-state index contributed by atoms with van der Waals surface area (Å²) >= 11 is 0. The Hall–Kier alpha value is -3.87. The molecule has 0 saturated heterocycles. The molecular weight excluding hydrogens is 515 g/mol. The monoisotopic (exact) mass is 557 g/mol. The molecule has 2 nitrogen and oxygen atoms in total. The third-order valence-electron chi connectivity index (χ3n) is 7.90. The van der Waals surface area contributed by atoms with E-state index in [0.29, 0.717) is 0 Å². The first-order chi connectivity index (χ1) is 20.1. The zero-order chi connectivity index (χ0) is 28.8. The molecule has 1 amide bonds. The highest BCUT2D eigenvalue weighted by Gasteiger charge is 2.35. The summed E-state index contributed by atoms with van der Waals surface area (Å²) in [6, 6.07) is 41.0. The van der Waals surface area contributed by atoms with Crippen LogP contribution in [-0.4, -0.2) is 14.0 Å². The molecule has 3 heteroatoms. The van der Waals surface area contributed by atoms with Crippen molar-refractivity contribution in [2.75, 3.05) is 0 Å². The molecule has 0 radical (unpaired) electrons. The number of amides is 1. The van der Waals surface area contributed by atoms with Crippen LogP contribution in [0.1, 0.15) is 68.2 Å². The van der Waals surface area contributed by atoms with E-state index in [9.17, 15) is 4.79 Å². The van der Waals surface area contributed by atoms with Gasteiger partial charge in [0, 0.05) is 0 Å². The minimum absolute atomic E-state index is 0.149. The highest BCUT2D eigenvalue weighted by atomic mass is 28.3. The maximum atomic E-state index is 13.6. The lowest BCUT2D eigenvalue weighted by Gasteiger charge is -2.27. The van der Waals surface area contributed by atoms with Gasteiger partial charge in [0.25, 0.3) is 5.91 Å². The normalized spacial score (nSPS) is 11.8. The summed E-state index contributed by atoms with van der Waals surface area (Å²) in [4.78, 5) is 13.6. The van der Waals surface area contributed by atoms with E-state index in [2.05, 4.69) is 128 Å². The van der Waals surface area contributed by atoms with Gasteiger partial charge in [-0.3, -0.25) is 4.79 Å². The van der Waals surface area contributed by atoms with Crippen LogP contribution >= 0.6 is 0 Å². The van der Waals surface area contributed by atoms with Gasteiger partial charge in [-0.15, -0.1) is 5.54 Å². The maximum Gasteiger partial charge on any atom is 0.295 e. The first-order valence-corrected chi connectivity index (χ1v) is 17.4. The van der Waals surface area contributed by atoms with Gasteiger partial charge in [-0.25, -0.2) is 0 Å². The predicted molar refractivity (Wildman–Crippen MR) is 176 cm³/mol. The highest BCUT2D eigenvalue weighted by molar-refractivity contribution is 7.08. The Balaban J connectivity index is 1.63. The quantitative estimate of drug-likeness (QED) is 0.103. The van der Waals surface area contributed by atoms with Crippen LogP contribution < -0.4 is 15.7 Å². The summed E-state index contributed by atoms with van der Waals surface area (Å²) in [5.74, 6) is 2.93. The van der Waals surface area contributed by atoms with Gasteiger partial charge in [-0.2, -0.15) is 0 Å². The average molecular weight is 558 g/mol. The Morgan fingerprint density at radius 3 is 1.83 bits per heavy atom. The minimum Gasteiger partial charge on any atom is -0.338 e. The molecule has 210 valence electrons. The Labute approximate surface area is 248 Å². The lowest BCUT2D eigenvalue weighted by atomic mass is 9.98. The zero-order valence-corrected chi connectivity index (χ0v) is 25.6. The summed E-state index contributed by atoms with van der Waals surface area (Å²) in [5, 5.41) is 5.83. The van der Waals surface area contributed by atoms with Crippen molar-refractivity contribution in [2.24, 2.45) is 0 Å². The van der Waals surface area contributed by atoms with E-state index in [4.69, 9.17) is 0 Å². The SMILES string of the molecule is CCCCCCCC[Si](C#CC(=O)NC(Cc1ccc(C)cc1)c1ccccc1)(c1ccccc1)c1ccccc1. The molecule has 0 aliphatic heterocycles. The number of hydrogen-bond acceptors (Lipinski definition) is 1. The van der Waals surface area contributed by atoms with Crippen LogP contribution in [0.4, 0.5) is 0 Å². The summed E-state index contributed by atoms with van der Waals surface area (Å²) in [7, 11) is -2.51. The Kier molecular flexibility index (Phi) is 11.6. The summed E-state index contributed by atoms with van der Waals surface area (Å²) in [6.45, 7) is 4.35. The first-order valence-electron chi connectivity index (χ1n) is 15.2. The molecule has 4 aromatic carbocycles. The van der Waals surface area contributed by atoms with Gasteiger partial charge < -0.3 is 5.32 Å². The largest absolute Gasteiger partial charge is 0.338 e. The third-order valence-corrected chi connectivity index (χ3v) is 12.2. The molecule has 0 heterocycles. The topological polar surface area (TPSA) is 29.1 Å². The van der Waals surface area contributed by atoms with E-state index in [1.807, 2.05) is 18.2 Å². The molecule has 0 spiro atoms. The Morgan fingerprint density at radius 2 is 1.24 bits per heavy atom. The average Bonchev–Trinajstić information content (AvgIpc) is 3.02. The van der Waals surface area contributed by atoms with Crippen molar-refractivity contribution in [3.05, 3.63) is 132 Å². The molecule has 0 aliphatic carbocycles. The number of unbranched alkanes of at least 4 members (excludes halogenated alkanes) is 5. The molecule has 0 fully saturated rings. The number of aryl methyl sites for hydroxylation is 1. The first kappa shape index (κ1) is 30.1. The van der Waals surface area contributed by atoms with Crippen molar-refractivity contribution in [2.45, 2.75) is 70.9 Å². The van der Waals surface area contributed by atoms with Crippen LogP contribution in [0.5, 0.6) is 0 Å². The molecule has 0 bridgehead atoms. The molecule has 0 aliphatic rings. The van der Waals surface area contributed by atoms with Gasteiger partial charge in [0.05, 0.1) is 6.04 Å². The summed E-state index contributed by atoms with van der Waals surface area (Å²) < 4.78 is 0. The fourth-order valence-electron chi connectivity index (χ4n) is 5.53. The van der Waals surface area contributed by atoms with Crippen molar-refractivity contribution in [3.63, 3.8) is 0 Å². The number of carbonyl (C=O) groups is 1. The van der Waals surface area contributed by atoms with Gasteiger partial charge in [0.2, 0.25) is 0 Å². The second-order valence-electron chi connectivity index (χ2n) is 11.0. The van der Waals surface area contributed by atoms with Gasteiger partial charge >= 0.3 is 0 Å². The van der Waals surface area contributed by atoms with Crippen molar-refractivity contribution < 1.29 is 4.79 Å². The molecule has 1 unspecified atom stereocenters. The summed E-state index contributed by atoms with van der Waals surface area (Å²) in [5.41, 5.74) is 7.18. The van der Waals surface area contributed by atoms with Gasteiger partial charge in [-0.05, 0) is 46.8 Å². The molecule has 4 aromatic rings. The smallest absolute Gasteiger partial charge is 0.295 e. The molecule has 0 aromatic heterocycles. The minimum atomic E-state index is -2.51. The molecule has 1 N–H and O–H groups in total. The standard InChI is InChI=1S/C38H43NOSi/c1-3-4-5-6-7-17-29-41(35-20-13-9-14-21-35,36-22-15-10-16-23-36)30-28-38(40)39-37(34-18-11-8-12-19-34)31-33-26-24-32(2)25-27-33/h8-16,18-27,37H,3-7,17,29,31H2,1-2H3,(H,39,40). The van der Waals surface area contributed by atoms with E-state index in [0.717, 1.165) is 24.4 Å². The van der Waals surface area contributed by atoms with E-state index in [-0.39, 0.29) is 11.9 Å². The third kappa shape index (κ3) is 8.81. The number of rotatable bonds is 13. The van der Waals surface area contributed by atoms with Crippen LogP contribution in [0.25, 0.3) is 0 Å². The van der Waals surface area contributed by atoms with E-state index >= 15 is 0 Å². The molecule has 1 atom stereocenters. The number of hydrogen-bond donors (Lipinski definition) is 1. The van der Waals surface area contributed by atoms with Crippen molar-refractivity contribution >= 4 is 24.4 Å².